The van der Waals surface area contributed by atoms with E-state index in [4.69, 9.17) is 30.0 Å². The van der Waals surface area contributed by atoms with Gasteiger partial charge >= 0.3 is 27.2 Å². The van der Waals surface area contributed by atoms with Gasteiger partial charge in [-0.3, -0.25) is 33.2 Å². The molecule has 2 aliphatic rings. The minimum Gasteiger partial charge on any atom is -0.858 e. The summed E-state index contributed by atoms with van der Waals surface area (Å²) >= 11 is 0. The van der Waals surface area contributed by atoms with Crippen LogP contribution in [-0.2, 0) is 65.4 Å². The highest BCUT2D eigenvalue weighted by Gasteiger charge is 2.38. The topological polar surface area (TPSA) is 365 Å². The summed E-state index contributed by atoms with van der Waals surface area (Å²) in [6, 6.07) is 9.26. The third-order valence-electron chi connectivity index (χ3n) is 7.35. The van der Waals surface area contributed by atoms with Crippen molar-refractivity contribution in [1.82, 2.24) is 14.7 Å². The minimum absolute atomic E-state index is 0.128. The third kappa shape index (κ3) is 11.6. The molecule has 2 N–H and O–H groups in total. The summed E-state index contributed by atoms with van der Waals surface area (Å²) in [6.07, 6.45) is 3.80. The fourth-order valence-electron chi connectivity index (χ4n) is 5.01. The minimum atomic E-state index is -4.87. The molecule has 0 aliphatic carbocycles. The molecule has 2 aliphatic heterocycles. The first-order valence-electron chi connectivity index (χ1n) is 15.4. The lowest BCUT2D eigenvalue weighted by atomic mass is 10.1. The van der Waals surface area contributed by atoms with Crippen LogP contribution in [0.5, 0.6) is 5.88 Å². The molecule has 5 rings (SSSR count). The highest BCUT2D eigenvalue weighted by Crippen LogP contribution is 2.31. The number of nitrogens with zero attached hydrogens (tertiary/aromatic N) is 5. The van der Waals surface area contributed by atoms with E-state index in [1.165, 1.54) is 24.3 Å². The van der Waals surface area contributed by atoms with Gasteiger partial charge in [-0.25, -0.2) is 9.48 Å². The molecular weight excluding hydrogens is 875 g/mol. The van der Waals surface area contributed by atoms with E-state index < -0.39 is 104 Å². The van der Waals surface area contributed by atoms with Crippen LogP contribution in [0.4, 0.5) is 5.69 Å². The number of ketones is 1. The average Bonchev–Trinajstić information content (AvgIpc) is 3.78. The Morgan fingerprint density at radius 2 is 1.46 bits per heavy atom. The van der Waals surface area contributed by atoms with Gasteiger partial charge in [0.1, 0.15) is 10.6 Å². The molecule has 3 heterocycles. The molecule has 0 atom stereocenters. The maximum absolute atomic E-state index is 13.6. The molecular formula is C31H24N5O19S4-. The van der Waals surface area contributed by atoms with Gasteiger partial charge in [0, 0.05) is 25.3 Å². The quantitative estimate of drug-likeness (QED) is 0.0627. The van der Waals surface area contributed by atoms with Crippen LogP contribution in [0.3, 0.4) is 0 Å². The SMILES string of the molecule is COC(=O)C1=NN(c2ccccc2S(=O)(=O)O)C(=O)C1=C/C=C(/C=C/c1c(C(C)=O)nn(-c2cccc(S(=O)(=O)O)c2)c1[O-])N1C(=O)CCC1=O.O=S(=O)=O.O=S(=O)=O. The number of carbonyl (C=O) groups is 5. The maximum Gasteiger partial charge on any atom is 0.425 e. The van der Waals surface area contributed by atoms with E-state index in [0.717, 1.165) is 67.5 Å². The number of imide groups is 1. The number of hydrazone groups is 1. The highest BCUT2D eigenvalue weighted by molar-refractivity contribution is 7.86. The molecule has 24 nitrogen and oxygen atoms in total. The van der Waals surface area contributed by atoms with Gasteiger partial charge < -0.3 is 9.84 Å². The van der Waals surface area contributed by atoms with Crippen LogP contribution in [0.25, 0.3) is 11.8 Å². The number of rotatable bonds is 10. The lowest BCUT2D eigenvalue weighted by molar-refractivity contribution is -0.278. The molecule has 0 spiro atoms. The molecule has 1 aromatic heterocycles. The lowest BCUT2D eigenvalue weighted by Gasteiger charge is -2.16. The van der Waals surface area contributed by atoms with Crippen molar-refractivity contribution >= 4 is 88.4 Å². The lowest BCUT2D eigenvalue weighted by Crippen LogP contribution is -2.27. The largest absolute Gasteiger partial charge is 0.858 e. The molecule has 0 radical (unpaired) electrons. The highest BCUT2D eigenvalue weighted by atomic mass is 32.2. The molecule has 1 saturated heterocycles. The normalized spacial score (nSPS) is 15.1. The molecule has 3 aromatic rings. The van der Waals surface area contributed by atoms with Crippen molar-refractivity contribution in [3.63, 3.8) is 0 Å². The van der Waals surface area contributed by atoms with Crippen LogP contribution in [0.1, 0.15) is 35.8 Å². The van der Waals surface area contributed by atoms with Crippen molar-refractivity contribution < 1.29 is 85.0 Å². The predicted molar refractivity (Wildman–Crippen MR) is 192 cm³/mol. The van der Waals surface area contributed by atoms with Gasteiger partial charge in [0.25, 0.3) is 26.1 Å². The van der Waals surface area contributed by atoms with Crippen molar-refractivity contribution in [3.8, 4) is 11.6 Å². The molecule has 59 heavy (non-hydrogen) atoms. The van der Waals surface area contributed by atoms with Crippen LogP contribution in [0.2, 0.25) is 0 Å². The number of esters is 1. The van der Waals surface area contributed by atoms with Gasteiger partial charge in [0.2, 0.25) is 11.8 Å². The Morgan fingerprint density at radius 3 is 1.98 bits per heavy atom. The number of likely N-dealkylation sites (tertiary alicyclic amines) is 1. The first kappa shape index (κ1) is 46.5. The first-order chi connectivity index (χ1) is 27.4. The molecule has 0 saturated carbocycles. The number of aromatic nitrogens is 2. The monoisotopic (exact) mass is 898 g/mol. The van der Waals surface area contributed by atoms with Gasteiger partial charge in [0.05, 0.1) is 34.7 Å². The molecule has 3 amide bonds. The standard InChI is InChI=1S/C31H25N5O13S2.2O3S/c1-17(37)27-21(29(40)35(32-27)19-6-5-7-20(16-19)50(43,44)45)12-10-18(34-25(38)14-15-26(34)39)11-13-22-28(31(42)49-2)33-36(30(22)41)23-8-3-4-9-24(23)51(46,47)48;2*1-4(2)3/h3-13,16,40H,14-15H2,1-2H3,(H,43,44,45)(H,46,47,48);;/p-1/b12-10+,18-11-,22-13?;;. The average molecular weight is 899 g/mol. The number of Topliss-reactive ketones (excluding diaryl/α,β-unsaturated/α-hetero) is 1. The summed E-state index contributed by atoms with van der Waals surface area (Å²) in [7, 11) is -14.8. The number of hydrogen-bond donors (Lipinski definition) is 2. The van der Waals surface area contributed by atoms with Crippen molar-refractivity contribution in [2.75, 3.05) is 12.1 Å². The van der Waals surface area contributed by atoms with Crippen LogP contribution in [0.15, 0.2) is 92.9 Å². The van der Waals surface area contributed by atoms with E-state index in [-0.39, 0.29) is 35.5 Å². The van der Waals surface area contributed by atoms with E-state index in [9.17, 15) is 55.0 Å². The van der Waals surface area contributed by atoms with E-state index in [2.05, 4.69) is 10.2 Å². The Kier molecular flexibility index (Phi) is 15.0. The number of allylic oxidation sites excluding steroid dienone is 3. The van der Waals surface area contributed by atoms with E-state index >= 15 is 0 Å². The summed E-state index contributed by atoms with van der Waals surface area (Å²) in [5, 5.41) is 21.9. The summed E-state index contributed by atoms with van der Waals surface area (Å²) in [6.45, 7) is 1.10. The number of para-hydroxylation sites is 1. The van der Waals surface area contributed by atoms with Gasteiger partial charge in [-0.2, -0.15) is 32.0 Å². The number of hydrogen-bond acceptors (Lipinski definition) is 19. The predicted octanol–water partition coefficient (Wildman–Crippen LogP) is -0.818. The zero-order chi connectivity index (χ0) is 44.6. The zero-order valence-corrected chi connectivity index (χ0v) is 32.8. The van der Waals surface area contributed by atoms with Crippen LogP contribution < -0.4 is 10.1 Å². The van der Waals surface area contributed by atoms with Gasteiger partial charge in [-0.15, -0.1) is 25.3 Å². The Bertz CT molecular complexity index is 2800. The summed E-state index contributed by atoms with van der Waals surface area (Å²) in [4.78, 5) is 63.8. The summed E-state index contributed by atoms with van der Waals surface area (Å²) in [5.74, 6) is -5.18. The van der Waals surface area contributed by atoms with E-state index in [1.807, 2.05) is 0 Å². The number of amides is 3. The van der Waals surface area contributed by atoms with E-state index in [1.54, 1.807) is 0 Å². The van der Waals surface area contributed by atoms with Crippen LogP contribution in [0, 0.1) is 0 Å². The second kappa shape index (κ2) is 19.1. The van der Waals surface area contributed by atoms with Crippen molar-refractivity contribution in [2.24, 2.45) is 5.10 Å². The number of anilines is 1. The van der Waals surface area contributed by atoms with Gasteiger partial charge in [-0.1, -0.05) is 18.2 Å². The summed E-state index contributed by atoms with van der Waals surface area (Å²) < 4.78 is 123. The fourth-order valence-corrected chi connectivity index (χ4v) is 6.20. The fraction of sp³-hybridized carbons (Fsp3) is 0.129. The number of methoxy groups -OCH3 is 1. The van der Waals surface area contributed by atoms with E-state index in [0.29, 0.717) is 9.69 Å². The smallest absolute Gasteiger partial charge is 0.425 e. The van der Waals surface area contributed by atoms with Crippen molar-refractivity contribution in [1.29, 1.82) is 0 Å². The van der Waals surface area contributed by atoms with Gasteiger partial charge in [0.15, 0.2) is 11.5 Å². The Hall–Kier alpha value is -6.85. The number of benzene rings is 2. The molecule has 1 fully saturated rings. The van der Waals surface area contributed by atoms with Crippen LogP contribution >= 0.6 is 0 Å². The molecule has 312 valence electrons. The summed E-state index contributed by atoms with van der Waals surface area (Å²) in [5.41, 5.74) is -2.62. The number of ether oxygens (including phenoxy) is 1. The Labute approximate surface area is 334 Å². The molecule has 0 bridgehead atoms. The van der Waals surface area contributed by atoms with Crippen molar-refractivity contribution in [3.05, 3.63) is 89.3 Å². The molecule has 0 unspecified atom stereocenters. The van der Waals surface area contributed by atoms with Crippen molar-refractivity contribution in [2.45, 2.75) is 29.6 Å². The first-order valence-corrected chi connectivity index (χ1v) is 20.2. The molecule has 2 aromatic carbocycles. The second-order valence-electron chi connectivity index (χ2n) is 11.0. The van der Waals surface area contributed by atoms with Gasteiger partial charge in [-0.05, 0) is 60.5 Å². The maximum atomic E-state index is 13.6. The van der Waals surface area contributed by atoms with Crippen LogP contribution in [-0.4, -0.2) is 108 Å². The number of carbonyl (C=O) groups excluding carboxylic acids is 5. The Morgan fingerprint density at radius 1 is 0.881 bits per heavy atom. The third-order valence-corrected chi connectivity index (χ3v) is 9.10. The second-order valence-corrected chi connectivity index (χ2v) is 14.7. The molecule has 28 heteroatoms. The Balaban J connectivity index is 0.00000107. The zero-order valence-electron chi connectivity index (χ0n) is 29.5.